The van der Waals surface area contributed by atoms with E-state index < -0.39 is 11.9 Å². The number of carboxylic acids is 1. The Morgan fingerprint density at radius 2 is 2.00 bits per heavy atom. The molecule has 0 bridgehead atoms. The van der Waals surface area contributed by atoms with E-state index in [2.05, 4.69) is 4.98 Å². The SMILES string of the molecule is CC(C(=O)O)c1ccccc1-c1cccnc1. The molecule has 86 valence electrons. The largest absolute Gasteiger partial charge is 0.481 e. The second-order valence-electron chi connectivity index (χ2n) is 3.89. The van der Waals surface area contributed by atoms with Crippen molar-refractivity contribution in [2.75, 3.05) is 0 Å². The van der Waals surface area contributed by atoms with E-state index in [1.54, 1.807) is 19.3 Å². The summed E-state index contributed by atoms with van der Waals surface area (Å²) in [5.74, 6) is -1.34. The summed E-state index contributed by atoms with van der Waals surface area (Å²) in [4.78, 5) is 15.1. The normalized spacial score (nSPS) is 12.1. The lowest BCUT2D eigenvalue weighted by Crippen LogP contribution is -2.08. The third kappa shape index (κ3) is 2.33. The van der Waals surface area contributed by atoms with Gasteiger partial charge in [-0.2, -0.15) is 0 Å². The summed E-state index contributed by atoms with van der Waals surface area (Å²) in [6.45, 7) is 1.69. The molecule has 0 aliphatic heterocycles. The summed E-state index contributed by atoms with van der Waals surface area (Å²) in [5.41, 5.74) is 2.68. The molecule has 1 aromatic heterocycles. The lowest BCUT2D eigenvalue weighted by molar-refractivity contribution is -0.138. The quantitative estimate of drug-likeness (QED) is 0.877. The summed E-state index contributed by atoms with van der Waals surface area (Å²) in [7, 11) is 0. The van der Waals surface area contributed by atoms with Crippen LogP contribution in [0.25, 0.3) is 11.1 Å². The van der Waals surface area contributed by atoms with Crippen LogP contribution < -0.4 is 0 Å². The first-order valence-corrected chi connectivity index (χ1v) is 5.42. The van der Waals surface area contributed by atoms with Gasteiger partial charge < -0.3 is 5.11 Å². The van der Waals surface area contributed by atoms with Crippen molar-refractivity contribution in [3.63, 3.8) is 0 Å². The van der Waals surface area contributed by atoms with Gasteiger partial charge in [0.05, 0.1) is 5.92 Å². The number of rotatable bonds is 3. The number of hydrogen-bond donors (Lipinski definition) is 1. The van der Waals surface area contributed by atoms with E-state index in [4.69, 9.17) is 5.11 Å². The van der Waals surface area contributed by atoms with Crippen LogP contribution >= 0.6 is 0 Å². The third-order valence-corrected chi connectivity index (χ3v) is 2.77. The van der Waals surface area contributed by atoms with Gasteiger partial charge in [-0.15, -0.1) is 0 Å². The molecule has 2 aromatic rings. The molecule has 0 amide bonds. The molecule has 0 saturated carbocycles. The summed E-state index contributed by atoms with van der Waals surface area (Å²) in [5, 5.41) is 9.09. The highest BCUT2D eigenvalue weighted by molar-refractivity contribution is 5.80. The van der Waals surface area contributed by atoms with E-state index in [1.807, 2.05) is 36.4 Å². The molecule has 1 heterocycles. The zero-order valence-corrected chi connectivity index (χ0v) is 9.50. The smallest absolute Gasteiger partial charge is 0.310 e. The van der Waals surface area contributed by atoms with Crippen molar-refractivity contribution in [2.45, 2.75) is 12.8 Å². The van der Waals surface area contributed by atoms with Gasteiger partial charge in [0.2, 0.25) is 0 Å². The summed E-state index contributed by atoms with van der Waals surface area (Å²) in [6.07, 6.45) is 3.44. The number of nitrogens with zero attached hydrogens (tertiary/aromatic N) is 1. The first-order chi connectivity index (χ1) is 8.20. The topological polar surface area (TPSA) is 50.2 Å². The van der Waals surface area contributed by atoms with Crippen molar-refractivity contribution in [2.24, 2.45) is 0 Å². The van der Waals surface area contributed by atoms with E-state index in [9.17, 15) is 4.79 Å². The molecule has 0 spiro atoms. The first-order valence-electron chi connectivity index (χ1n) is 5.42. The van der Waals surface area contributed by atoms with Crippen molar-refractivity contribution in [3.05, 3.63) is 54.4 Å². The lowest BCUT2D eigenvalue weighted by Gasteiger charge is -2.12. The Balaban J connectivity index is 2.52. The van der Waals surface area contributed by atoms with Crippen molar-refractivity contribution < 1.29 is 9.90 Å². The molecule has 2 rings (SSSR count). The fraction of sp³-hybridized carbons (Fsp3) is 0.143. The van der Waals surface area contributed by atoms with E-state index in [-0.39, 0.29) is 0 Å². The molecule has 1 atom stereocenters. The maximum absolute atomic E-state index is 11.1. The minimum atomic E-state index is -0.818. The highest BCUT2D eigenvalue weighted by atomic mass is 16.4. The number of carbonyl (C=O) groups is 1. The molecule has 17 heavy (non-hydrogen) atoms. The van der Waals surface area contributed by atoms with Crippen molar-refractivity contribution in [1.29, 1.82) is 0 Å². The lowest BCUT2D eigenvalue weighted by atomic mass is 9.92. The highest BCUT2D eigenvalue weighted by Crippen LogP contribution is 2.28. The monoisotopic (exact) mass is 227 g/mol. The summed E-state index contributed by atoms with van der Waals surface area (Å²) >= 11 is 0. The minimum absolute atomic E-state index is 0.522. The Kier molecular flexibility index (Phi) is 3.19. The molecule has 0 fully saturated rings. The second-order valence-corrected chi connectivity index (χ2v) is 3.89. The predicted octanol–water partition coefficient (Wildman–Crippen LogP) is 2.94. The number of carboxylic acid groups (broad SMARTS) is 1. The van der Waals surface area contributed by atoms with E-state index in [0.29, 0.717) is 0 Å². The number of aliphatic carboxylic acids is 1. The van der Waals surface area contributed by atoms with Crippen molar-refractivity contribution in [1.82, 2.24) is 4.98 Å². The van der Waals surface area contributed by atoms with Crippen LogP contribution in [-0.2, 0) is 4.79 Å². The van der Waals surface area contributed by atoms with Crippen LogP contribution in [0.2, 0.25) is 0 Å². The van der Waals surface area contributed by atoms with E-state index >= 15 is 0 Å². The average molecular weight is 227 g/mol. The minimum Gasteiger partial charge on any atom is -0.481 e. The molecule has 3 nitrogen and oxygen atoms in total. The fourth-order valence-electron chi connectivity index (χ4n) is 1.79. The standard InChI is InChI=1S/C14H13NO2/c1-10(14(16)17)12-6-2-3-7-13(12)11-5-4-8-15-9-11/h2-10H,1H3,(H,16,17). The predicted molar refractivity (Wildman–Crippen MR) is 65.7 cm³/mol. The molecule has 0 aliphatic rings. The zero-order valence-electron chi connectivity index (χ0n) is 9.50. The van der Waals surface area contributed by atoms with Crippen LogP contribution in [0.15, 0.2) is 48.8 Å². The maximum Gasteiger partial charge on any atom is 0.310 e. The Morgan fingerprint density at radius 1 is 1.24 bits per heavy atom. The van der Waals surface area contributed by atoms with Gasteiger partial charge in [0.1, 0.15) is 0 Å². The molecule has 1 unspecified atom stereocenters. The van der Waals surface area contributed by atoms with Crippen LogP contribution in [-0.4, -0.2) is 16.1 Å². The third-order valence-electron chi connectivity index (χ3n) is 2.77. The van der Waals surface area contributed by atoms with E-state index in [1.165, 1.54) is 0 Å². The molecular weight excluding hydrogens is 214 g/mol. The van der Waals surface area contributed by atoms with Gasteiger partial charge in [-0.3, -0.25) is 9.78 Å². The molecular formula is C14H13NO2. The maximum atomic E-state index is 11.1. The van der Waals surface area contributed by atoms with Gasteiger partial charge in [-0.05, 0) is 24.1 Å². The van der Waals surface area contributed by atoms with Gasteiger partial charge in [-0.25, -0.2) is 0 Å². The fourth-order valence-corrected chi connectivity index (χ4v) is 1.79. The van der Waals surface area contributed by atoms with Crippen LogP contribution in [0.1, 0.15) is 18.4 Å². The highest BCUT2D eigenvalue weighted by Gasteiger charge is 2.17. The second kappa shape index (κ2) is 4.78. The molecule has 0 saturated heterocycles. The Morgan fingerprint density at radius 3 is 2.65 bits per heavy atom. The number of aromatic nitrogens is 1. The molecule has 0 aliphatic carbocycles. The number of pyridine rings is 1. The number of benzene rings is 1. The molecule has 1 N–H and O–H groups in total. The van der Waals surface area contributed by atoms with Crippen LogP contribution in [0.5, 0.6) is 0 Å². The van der Waals surface area contributed by atoms with Gasteiger partial charge in [0.15, 0.2) is 0 Å². The van der Waals surface area contributed by atoms with Crippen LogP contribution in [0, 0.1) is 0 Å². The summed E-state index contributed by atoms with van der Waals surface area (Å²) < 4.78 is 0. The Labute approximate surface area is 99.8 Å². The van der Waals surface area contributed by atoms with Crippen LogP contribution in [0.3, 0.4) is 0 Å². The number of hydrogen-bond acceptors (Lipinski definition) is 2. The van der Waals surface area contributed by atoms with Gasteiger partial charge in [0.25, 0.3) is 0 Å². The van der Waals surface area contributed by atoms with E-state index in [0.717, 1.165) is 16.7 Å². The van der Waals surface area contributed by atoms with Crippen molar-refractivity contribution in [3.8, 4) is 11.1 Å². The molecule has 3 heteroatoms. The molecule has 1 aromatic carbocycles. The summed E-state index contributed by atoms with van der Waals surface area (Å²) in [6, 6.07) is 11.3. The van der Waals surface area contributed by atoms with Gasteiger partial charge >= 0.3 is 5.97 Å². The van der Waals surface area contributed by atoms with Crippen LogP contribution in [0.4, 0.5) is 0 Å². The first kappa shape index (κ1) is 11.3. The van der Waals surface area contributed by atoms with Gasteiger partial charge in [-0.1, -0.05) is 30.3 Å². The Hall–Kier alpha value is -2.16. The molecule has 0 radical (unpaired) electrons. The van der Waals surface area contributed by atoms with Gasteiger partial charge in [0, 0.05) is 18.0 Å². The Bertz CT molecular complexity index is 523. The average Bonchev–Trinajstić information content (AvgIpc) is 2.39. The zero-order chi connectivity index (χ0) is 12.3. The van der Waals surface area contributed by atoms with Crippen molar-refractivity contribution >= 4 is 5.97 Å².